The van der Waals surface area contributed by atoms with Crippen molar-refractivity contribution in [3.63, 3.8) is 0 Å². The van der Waals surface area contributed by atoms with E-state index >= 15 is 0 Å². The topological polar surface area (TPSA) is 68.7 Å². The van der Waals surface area contributed by atoms with Crippen LogP contribution in [0.25, 0.3) is 6.08 Å². The van der Waals surface area contributed by atoms with Crippen LogP contribution >= 0.6 is 0 Å². The van der Waals surface area contributed by atoms with Gasteiger partial charge in [0, 0.05) is 24.4 Å². The van der Waals surface area contributed by atoms with E-state index in [0.29, 0.717) is 29.4 Å². The number of hydrogen-bond donors (Lipinski definition) is 1. The molecule has 2 heterocycles. The minimum atomic E-state index is -0.239. The Hall–Kier alpha value is -2.95. The number of furan rings is 1. The number of carbonyl (C=O) groups excluding carboxylic acids is 1. The summed E-state index contributed by atoms with van der Waals surface area (Å²) in [5, 5.41) is 0. The number of benzene rings is 1. The predicted octanol–water partition coefficient (Wildman–Crippen LogP) is 3.20. The predicted molar refractivity (Wildman–Crippen MR) is 85.3 cm³/mol. The van der Waals surface area contributed by atoms with Crippen LogP contribution < -0.4 is 15.4 Å². The number of nitrogens with zero attached hydrogens (tertiary/aromatic N) is 1. The van der Waals surface area contributed by atoms with Crippen LogP contribution in [0.4, 0.5) is 11.4 Å². The van der Waals surface area contributed by atoms with Crippen molar-refractivity contribution in [3.8, 4) is 5.75 Å². The number of carbonyl (C=O) groups is 1. The van der Waals surface area contributed by atoms with Crippen molar-refractivity contribution < 1.29 is 13.9 Å². The van der Waals surface area contributed by atoms with Crippen LogP contribution in [-0.2, 0) is 4.79 Å². The summed E-state index contributed by atoms with van der Waals surface area (Å²) in [7, 11) is 0. The van der Waals surface area contributed by atoms with E-state index in [2.05, 4.69) is 6.58 Å². The molecular formula is C17H16N2O3. The molecule has 0 radical (unpaired) electrons. The van der Waals surface area contributed by atoms with Gasteiger partial charge in [-0.2, -0.15) is 0 Å². The number of ether oxygens (including phenoxy) is 1. The van der Waals surface area contributed by atoms with Gasteiger partial charge < -0.3 is 14.9 Å². The average molecular weight is 296 g/mol. The lowest BCUT2D eigenvalue weighted by molar-refractivity contribution is -0.117. The molecule has 0 aliphatic carbocycles. The third-order valence-electron chi connectivity index (χ3n) is 3.20. The van der Waals surface area contributed by atoms with Crippen molar-refractivity contribution in [2.75, 3.05) is 17.2 Å². The highest BCUT2D eigenvalue weighted by atomic mass is 16.5. The molecule has 0 unspecified atom stereocenters. The second kappa shape index (κ2) is 5.44. The molecule has 1 aromatic carbocycles. The number of nitrogens with two attached hydrogens (primary N) is 1. The number of rotatable bonds is 3. The normalized spacial score (nSPS) is 15.6. The molecule has 0 spiro atoms. The summed E-state index contributed by atoms with van der Waals surface area (Å²) in [6.07, 6.45) is 3.11. The molecule has 1 aliphatic rings. The molecule has 1 aliphatic heterocycles. The highest BCUT2D eigenvalue weighted by Gasteiger charge is 2.30. The van der Waals surface area contributed by atoms with E-state index in [1.165, 1.54) is 6.26 Å². The van der Waals surface area contributed by atoms with Gasteiger partial charge in [-0.15, -0.1) is 0 Å². The molecule has 5 nitrogen and oxygen atoms in total. The van der Waals surface area contributed by atoms with Gasteiger partial charge >= 0.3 is 0 Å². The van der Waals surface area contributed by atoms with Crippen LogP contribution in [0.2, 0.25) is 0 Å². The Morgan fingerprint density at radius 1 is 1.41 bits per heavy atom. The monoisotopic (exact) mass is 296 g/mol. The molecule has 0 atom stereocenters. The Kier molecular flexibility index (Phi) is 3.47. The van der Waals surface area contributed by atoms with Crippen molar-refractivity contribution >= 4 is 23.4 Å². The van der Waals surface area contributed by atoms with Gasteiger partial charge in [0.2, 0.25) is 0 Å². The highest BCUT2D eigenvalue weighted by Crippen LogP contribution is 2.37. The van der Waals surface area contributed by atoms with Crippen molar-refractivity contribution in [3.05, 3.63) is 60.3 Å². The lowest BCUT2D eigenvalue weighted by Gasteiger charge is -2.30. The summed E-state index contributed by atoms with van der Waals surface area (Å²) < 4.78 is 11.0. The van der Waals surface area contributed by atoms with E-state index in [0.717, 1.165) is 5.57 Å². The van der Waals surface area contributed by atoms with Gasteiger partial charge in [0.25, 0.3) is 5.91 Å². The zero-order chi connectivity index (χ0) is 15.7. The van der Waals surface area contributed by atoms with Gasteiger partial charge in [0.05, 0.1) is 12.0 Å². The van der Waals surface area contributed by atoms with Gasteiger partial charge in [-0.25, -0.2) is 0 Å². The first-order valence-corrected chi connectivity index (χ1v) is 6.83. The fourth-order valence-corrected chi connectivity index (χ4v) is 2.26. The number of amides is 1. The summed E-state index contributed by atoms with van der Waals surface area (Å²) in [6, 6.07) is 8.71. The summed E-state index contributed by atoms with van der Waals surface area (Å²) in [5.41, 5.74) is 7.93. The molecule has 0 fully saturated rings. The highest BCUT2D eigenvalue weighted by molar-refractivity contribution is 6.10. The summed E-state index contributed by atoms with van der Waals surface area (Å²) >= 11 is 0. The quantitative estimate of drug-likeness (QED) is 0.536. The Morgan fingerprint density at radius 3 is 2.91 bits per heavy atom. The second-order valence-corrected chi connectivity index (χ2v) is 5.20. The standard InChI is InChI=1S/C17H16N2O3/c1-11(2)10-19-14-6-5-12(18)8-15(14)22-16(17(19)20)9-13-4-3-7-21-13/h3-9H,1,10,18H2,2H3/b16-9+. The SMILES string of the molecule is C=C(C)CN1C(=O)/C(=C\c2ccco2)Oc2cc(N)ccc21. The Labute approximate surface area is 128 Å². The van der Waals surface area contributed by atoms with Crippen LogP contribution in [0.1, 0.15) is 12.7 Å². The van der Waals surface area contributed by atoms with E-state index in [1.54, 1.807) is 41.3 Å². The van der Waals surface area contributed by atoms with Crippen molar-refractivity contribution in [2.45, 2.75) is 6.92 Å². The first-order valence-electron chi connectivity index (χ1n) is 6.83. The number of anilines is 2. The fraction of sp³-hybridized carbons (Fsp3) is 0.118. The Balaban J connectivity index is 2.06. The van der Waals surface area contributed by atoms with Crippen molar-refractivity contribution in [2.24, 2.45) is 0 Å². The lowest BCUT2D eigenvalue weighted by Crippen LogP contribution is -2.38. The van der Waals surface area contributed by atoms with E-state index in [1.807, 2.05) is 6.92 Å². The summed E-state index contributed by atoms with van der Waals surface area (Å²) in [6.45, 7) is 6.16. The van der Waals surface area contributed by atoms with Gasteiger partial charge in [-0.05, 0) is 31.2 Å². The van der Waals surface area contributed by atoms with Gasteiger partial charge in [0.1, 0.15) is 5.76 Å². The third-order valence-corrected chi connectivity index (χ3v) is 3.20. The molecule has 0 saturated carbocycles. The van der Waals surface area contributed by atoms with Gasteiger partial charge in [-0.1, -0.05) is 12.2 Å². The largest absolute Gasteiger partial charge is 0.465 e. The van der Waals surface area contributed by atoms with Crippen LogP contribution in [0.15, 0.2) is 58.9 Å². The van der Waals surface area contributed by atoms with Crippen LogP contribution in [0.3, 0.4) is 0 Å². The molecule has 2 aromatic rings. The van der Waals surface area contributed by atoms with Crippen molar-refractivity contribution in [1.29, 1.82) is 0 Å². The van der Waals surface area contributed by atoms with Crippen molar-refractivity contribution in [1.82, 2.24) is 0 Å². The zero-order valence-corrected chi connectivity index (χ0v) is 12.2. The maximum Gasteiger partial charge on any atom is 0.294 e. The summed E-state index contributed by atoms with van der Waals surface area (Å²) in [5.74, 6) is 1.04. The lowest BCUT2D eigenvalue weighted by atomic mass is 10.1. The average Bonchev–Trinajstić information content (AvgIpc) is 2.96. The number of hydrogen-bond acceptors (Lipinski definition) is 4. The minimum absolute atomic E-state index is 0.189. The van der Waals surface area contributed by atoms with E-state index < -0.39 is 0 Å². The number of fused-ring (bicyclic) bond motifs is 1. The Morgan fingerprint density at radius 2 is 2.23 bits per heavy atom. The molecular weight excluding hydrogens is 280 g/mol. The molecule has 2 N–H and O–H groups in total. The minimum Gasteiger partial charge on any atom is -0.465 e. The van der Waals surface area contributed by atoms with E-state index in [-0.39, 0.29) is 11.7 Å². The molecule has 0 bridgehead atoms. The maximum atomic E-state index is 12.7. The zero-order valence-electron chi connectivity index (χ0n) is 12.2. The van der Waals surface area contributed by atoms with E-state index in [9.17, 15) is 4.79 Å². The van der Waals surface area contributed by atoms with Gasteiger partial charge in [-0.3, -0.25) is 9.69 Å². The van der Waals surface area contributed by atoms with E-state index in [4.69, 9.17) is 14.9 Å². The van der Waals surface area contributed by atoms with Gasteiger partial charge in [0.15, 0.2) is 11.5 Å². The fourth-order valence-electron chi connectivity index (χ4n) is 2.26. The second-order valence-electron chi connectivity index (χ2n) is 5.20. The third kappa shape index (κ3) is 2.61. The molecule has 5 heteroatoms. The van der Waals surface area contributed by atoms with Crippen LogP contribution in [0.5, 0.6) is 5.75 Å². The molecule has 112 valence electrons. The maximum absolute atomic E-state index is 12.7. The first kappa shape index (κ1) is 14.0. The Bertz CT molecular complexity index is 760. The molecule has 22 heavy (non-hydrogen) atoms. The molecule has 0 saturated heterocycles. The van der Waals surface area contributed by atoms with Crippen LogP contribution in [0, 0.1) is 0 Å². The number of nitrogen functional groups attached to an aromatic ring is 1. The smallest absolute Gasteiger partial charge is 0.294 e. The van der Waals surface area contributed by atoms with Crippen LogP contribution in [-0.4, -0.2) is 12.5 Å². The molecule has 1 amide bonds. The first-order chi connectivity index (χ1) is 10.5. The molecule has 1 aromatic heterocycles. The molecule has 3 rings (SSSR count). The summed E-state index contributed by atoms with van der Waals surface area (Å²) in [4.78, 5) is 14.3.